The van der Waals surface area contributed by atoms with Gasteiger partial charge in [0.05, 0.1) is 4.91 Å². The number of thiocarbonyl (C=S) groups is 1. The van der Waals surface area contributed by atoms with Crippen molar-refractivity contribution < 1.29 is 24.9 Å². The zero-order chi connectivity index (χ0) is 16.3. The molecule has 0 unspecified atom stereocenters. The molecule has 0 saturated carbocycles. The number of carboxylic acids is 1. The van der Waals surface area contributed by atoms with Crippen molar-refractivity contribution in [1.29, 1.82) is 0 Å². The smallest absolute Gasteiger partial charge is 0.303 e. The van der Waals surface area contributed by atoms with Crippen LogP contribution in [0.2, 0.25) is 0 Å². The molecule has 0 aliphatic carbocycles. The Hall–Kier alpha value is -2.06. The second-order valence-corrected chi connectivity index (χ2v) is 6.25. The highest BCUT2D eigenvalue weighted by Crippen LogP contribution is 2.34. The van der Waals surface area contributed by atoms with Crippen LogP contribution in [-0.2, 0) is 9.59 Å². The lowest BCUT2D eigenvalue weighted by atomic mass is 10.2. The van der Waals surface area contributed by atoms with E-state index in [2.05, 4.69) is 0 Å². The second-order valence-electron chi connectivity index (χ2n) is 4.58. The second kappa shape index (κ2) is 6.80. The number of thioether (sulfide) groups is 1. The number of aromatic hydroxyl groups is 2. The van der Waals surface area contributed by atoms with Crippen LogP contribution in [0.4, 0.5) is 0 Å². The van der Waals surface area contributed by atoms with Crippen LogP contribution in [-0.4, -0.2) is 43.0 Å². The number of carboxylic acid groups (broad SMARTS) is 1. The van der Waals surface area contributed by atoms with Gasteiger partial charge >= 0.3 is 5.97 Å². The number of carbonyl (C=O) groups excluding carboxylic acids is 1. The summed E-state index contributed by atoms with van der Waals surface area (Å²) in [5.74, 6) is -1.71. The number of hydrogen-bond acceptors (Lipinski definition) is 6. The number of aliphatic carboxylic acids is 1. The molecule has 0 spiro atoms. The predicted octanol–water partition coefficient (Wildman–Crippen LogP) is 2.16. The molecule has 2 rings (SSSR count). The van der Waals surface area contributed by atoms with E-state index in [0.717, 1.165) is 11.8 Å². The summed E-state index contributed by atoms with van der Waals surface area (Å²) in [6, 6.07) is 4.23. The van der Waals surface area contributed by atoms with E-state index in [0.29, 0.717) is 21.2 Å². The van der Waals surface area contributed by atoms with Gasteiger partial charge in [-0.05, 0) is 30.2 Å². The number of benzene rings is 1. The highest BCUT2D eigenvalue weighted by atomic mass is 32.2. The molecule has 116 valence electrons. The molecular formula is C14H13NO5S2. The molecule has 1 fully saturated rings. The molecular weight excluding hydrogens is 326 g/mol. The first kappa shape index (κ1) is 16.3. The van der Waals surface area contributed by atoms with Crippen molar-refractivity contribution in [3.05, 3.63) is 28.7 Å². The van der Waals surface area contributed by atoms with Crippen molar-refractivity contribution in [2.75, 3.05) is 6.54 Å². The van der Waals surface area contributed by atoms with Crippen molar-refractivity contribution >= 4 is 46.3 Å². The summed E-state index contributed by atoms with van der Waals surface area (Å²) in [7, 11) is 0. The van der Waals surface area contributed by atoms with Gasteiger partial charge in [0, 0.05) is 13.0 Å². The average Bonchev–Trinajstić information content (AvgIpc) is 2.70. The molecule has 0 aromatic heterocycles. The van der Waals surface area contributed by atoms with Gasteiger partial charge in [0.25, 0.3) is 5.91 Å². The van der Waals surface area contributed by atoms with E-state index in [1.165, 1.54) is 17.0 Å². The first-order chi connectivity index (χ1) is 10.4. The van der Waals surface area contributed by atoms with Crippen LogP contribution in [0.5, 0.6) is 11.5 Å². The maximum absolute atomic E-state index is 12.2. The number of phenols is 2. The third-order valence-corrected chi connectivity index (χ3v) is 4.32. The zero-order valence-electron chi connectivity index (χ0n) is 11.4. The fourth-order valence-electron chi connectivity index (χ4n) is 1.86. The van der Waals surface area contributed by atoms with Gasteiger partial charge in [0.2, 0.25) is 0 Å². The van der Waals surface area contributed by atoms with Gasteiger partial charge in [0.15, 0.2) is 11.5 Å². The van der Waals surface area contributed by atoms with Crippen molar-refractivity contribution in [3.63, 3.8) is 0 Å². The highest BCUT2D eigenvalue weighted by molar-refractivity contribution is 8.26. The Morgan fingerprint density at radius 2 is 2.05 bits per heavy atom. The molecule has 3 N–H and O–H groups in total. The maximum atomic E-state index is 12.2. The largest absolute Gasteiger partial charge is 0.504 e. The summed E-state index contributed by atoms with van der Waals surface area (Å²) in [5, 5.41) is 27.3. The monoisotopic (exact) mass is 339 g/mol. The van der Waals surface area contributed by atoms with E-state index in [4.69, 9.17) is 17.3 Å². The van der Waals surface area contributed by atoms with Gasteiger partial charge in [-0.2, -0.15) is 0 Å². The summed E-state index contributed by atoms with van der Waals surface area (Å²) in [6.45, 7) is 0.259. The Bertz CT molecular complexity index is 671. The number of nitrogens with zero attached hydrogens (tertiary/aromatic N) is 1. The Balaban J connectivity index is 2.11. The van der Waals surface area contributed by atoms with Crippen LogP contribution in [0.1, 0.15) is 18.4 Å². The van der Waals surface area contributed by atoms with Crippen LogP contribution in [0.25, 0.3) is 6.08 Å². The number of carbonyl (C=O) groups is 2. The Labute approximate surface area is 136 Å². The Morgan fingerprint density at radius 3 is 2.68 bits per heavy atom. The third-order valence-electron chi connectivity index (χ3n) is 2.94. The van der Waals surface area contributed by atoms with E-state index in [1.807, 2.05) is 0 Å². The maximum Gasteiger partial charge on any atom is 0.303 e. The Kier molecular flexibility index (Phi) is 5.04. The SMILES string of the molecule is O=C(O)CCCN1C(=O)C(=Cc2ccc(O)c(O)c2)SC1=S. The number of phenolic OH excluding ortho intramolecular Hbond substituents is 2. The average molecular weight is 339 g/mol. The highest BCUT2D eigenvalue weighted by Gasteiger charge is 2.31. The van der Waals surface area contributed by atoms with Crippen LogP contribution in [0.3, 0.4) is 0 Å². The number of hydrogen-bond donors (Lipinski definition) is 3. The lowest BCUT2D eigenvalue weighted by Crippen LogP contribution is -2.29. The van der Waals surface area contributed by atoms with E-state index in [9.17, 15) is 19.8 Å². The van der Waals surface area contributed by atoms with Gasteiger partial charge in [-0.25, -0.2) is 0 Å². The number of rotatable bonds is 5. The van der Waals surface area contributed by atoms with E-state index in [-0.39, 0.29) is 30.4 Å². The molecule has 0 atom stereocenters. The molecule has 1 aromatic rings. The first-order valence-electron chi connectivity index (χ1n) is 6.37. The molecule has 1 heterocycles. The summed E-state index contributed by atoms with van der Waals surface area (Å²) in [4.78, 5) is 24.5. The quantitative estimate of drug-likeness (QED) is 0.429. The molecule has 1 amide bonds. The lowest BCUT2D eigenvalue weighted by Gasteiger charge is -2.13. The van der Waals surface area contributed by atoms with Crippen LogP contribution in [0.15, 0.2) is 23.1 Å². The van der Waals surface area contributed by atoms with Gasteiger partial charge in [0.1, 0.15) is 4.32 Å². The van der Waals surface area contributed by atoms with Gasteiger partial charge in [-0.3, -0.25) is 14.5 Å². The molecule has 8 heteroatoms. The minimum Gasteiger partial charge on any atom is -0.504 e. The van der Waals surface area contributed by atoms with Gasteiger partial charge in [-0.15, -0.1) is 0 Å². The minimum atomic E-state index is -0.916. The molecule has 1 aliphatic heterocycles. The van der Waals surface area contributed by atoms with Crippen molar-refractivity contribution in [2.24, 2.45) is 0 Å². The van der Waals surface area contributed by atoms with Crippen LogP contribution < -0.4 is 0 Å². The minimum absolute atomic E-state index is 0.0259. The topological polar surface area (TPSA) is 98.1 Å². The van der Waals surface area contributed by atoms with E-state index < -0.39 is 5.97 Å². The molecule has 22 heavy (non-hydrogen) atoms. The van der Waals surface area contributed by atoms with Crippen LogP contribution in [0, 0.1) is 0 Å². The van der Waals surface area contributed by atoms with Gasteiger partial charge < -0.3 is 15.3 Å². The molecule has 6 nitrogen and oxygen atoms in total. The van der Waals surface area contributed by atoms with Gasteiger partial charge in [-0.1, -0.05) is 30.0 Å². The number of amides is 1. The molecule has 0 bridgehead atoms. The van der Waals surface area contributed by atoms with Crippen molar-refractivity contribution in [1.82, 2.24) is 4.90 Å². The summed E-state index contributed by atoms with van der Waals surface area (Å²) < 4.78 is 0.379. The summed E-state index contributed by atoms with van der Waals surface area (Å²) in [5.41, 5.74) is 0.557. The first-order valence-corrected chi connectivity index (χ1v) is 7.60. The standard InChI is InChI=1S/C14H13NO5S2/c16-9-4-3-8(6-10(9)17)7-11-13(20)15(14(21)22-11)5-1-2-12(18)19/h3-4,6-7,16-17H,1-2,5H2,(H,18,19). The summed E-state index contributed by atoms with van der Waals surface area (Å²) >= 11 is 6.25. The lowest BCUT2D eigenvalue weighted by molar-refractivity contribution is -0.137. The van der Waals surface area contributed by atoms with Crippen molar-refractivity contribution in [3.8, 4) is 11.5 Å². The molecule has 1 aromatic carbocycles. The normalized spacial score (nSPS) is 16.5. The molecule has 0 radical (unpaired) electrons. The Morgan fingerprint density at radius 1 is 1.32 bits per heavy atom. The zero-order valence-corrected chi connectivity index (χ0v) is 13.0. The predicted molar refractivity (Wildman–Crippen MR) is 86.5 cm³/mol. The summed E-state index contributed by atoms with van der Waals surface area (Å²) in [6.07, 6.45) is 1.87. The van der Waals surface area contributed by atoms with Crippen molar-refractivity contribution in [2.45, 2.75) is 12.8 Å². The van der Waals surface area contributed by atoms with E-state index >= 15 is 0 Å². The fourth-order valence-corrected chi connectivity index (χ4v) is 3.17. The fraction of sp³-hybridized carbons (Fsp3) is 0.214. The third kappa shape index (κ3) is 3.77. The van der Waals surface area contributed by atoms with E-state index in [1.54, 1.807) is 12.1 Å². The molecule has 1 saturated heterocycles. The van der Waals surface area contributed by atoms with Crippen LogP contribution >= 0.6 is 24.0 Å². The molecule has 1 aliphatic rings.